The van der Waals surface area contributed by atoms with Crippen molar-refractivity contribution in [3.63, 3.8) is 0 Å². The topological polar surface area (TPSA) is 18.5 Å². The second-order valence-corrected chi connectivity index (χ2v) is 3.10. The second-order valence-electron chi connectivity index (χ2n) is 2.19. The number of hydrogen-bond acceptors (Lipinski definition) is 3. The number of hydrogen-bond donors (Lipinski definition) is 0. The summed E-state index contributed by atoms with van der Waals surface area (Å²) in [6.07, 6.45) is 2.18. The third-order valence-corrected chi connectivity index (χ3v) is 1.95. The van der Waals surface area contributed by atoms with E-state index in [0.29, 0.717) is 6.61 Å². The molecule has 0 atom stereocenters. The molecule has 3 heteroatoms. The van der Waals surface area contributed by atoms with Crippen molar-refractivity contribution in [1.82, 2.24) is 0 Å². The first-order chi connectivity index (χ1) is 5.43. The standard InChI is InChI=1S/C8H12O2S/c1-2-3-6-9-10-8-5-4-7-11-8/h4-5,7H,2-3,6H2,1H3. The quantitative estimate of drug-likeness (QED) is 0.386. The van der Waals surface area contributed by atoms with Crippen molar-refractivity contribution in [2.75, 3.05) is 6.61 Å². The van der Waals surface area contributed by atoms with E-state index < -0.39 is 0 Å². The maximum atomic E-state index is 4.97. The Bertz CT molecular complexity index is 172. The van der Waals surface area contributed by atoms with Gasteiger partial charge in [0, 0.05) is 0 Å². The van der Waals surface area contributed by atoms with Crippen molar-refractivity contribution in [1.29, 1.82) is 0 Å². The zero-order chi connectivity index (χ0) is 7.94. The minimum absolute atomic E-state index is 0.675. The van der Waals surface area contributed by atoms with Crippen LogP contribution in [0.25, 0.3) is 0 Å². The van der Waals surface area contributed by atoms with E-state index in [2.05, 4.69) is 6.92 Å². The molecule has 0 unspecified atom stereocenters. The normalized spacial score (nSPS) is 9.91. The van der Waals surface area contributed by atoms with Gasteiger partial charge < -0.3 is 4.89 Å². The SMILES string of the molecule is CCCCOOc1cccs1. The van der Waals surface area contributed by atoms with Gasteiger partial charge in [0.25, 0.3) is 0 Å². The monoisotopic (exact) mass is 172 g/mol. The molecular formula is C8H12O2S. The van der Waals surface area contributed by atoms with E-state index in [0.717, 1.165) is 17.9 Å². The highest BCUT2D eigenvalue weighted by molar-refractivity contribution is 7.11. The molecule has 0 fully saturated rings. The number of unbranched alkanes of at least 4 members (excludes halogenated alkanes) is 1. The van der Waals surface area contributed by atoms with E-state index in [1.54, 1.807) is 0 Å². The van der Waals surface area contributed by atoms with Gasteiger partial charge in [-0.15, -0.1) is 11.3 Å². The fourth-order valence-electron chi connectivity index (χ4n) is 0.614. The first-order valence-electron chi connectivity index (χ1n) is 3.76. The van der Waals surface area contributed by atoms with Crippen LogP contribution in [0, 0.1) is 0 Å². The van der Waals surface area contributed by atoms with Crippen molar-refractivity contribution in [3.05, 3.63) is 17.5 Å². The van der Waals surface area contributed by atoms with Gasteiger partial charge in [0.15, 0.2) is 0 Å². The third kappa shape index (κ3) is 3.39. The van der Waals surface area contributed by atoms with E-state index in [1.165, 1.54) is 11.3 Å². The van der Waals surface area contributed by atoms with Crippen molar-refractivity contribution in [2.45, 2.75) is 19.8 Å². The highest BCUT2D eigenvalue weighted by atomic mass is 32.1. The van der Waals surface area contributed by atoms with Gasteiger partial charge >= 0.3 is 0 Å². The molecule has 0 aromatic carbocycles. The van der Waals surface area contributed by atoms with Crippen LogP contribution in [0.3, 0.4) is 0 Å². The Morgan fingerprint density at radius 3 is 3.09 bits per heavy atom. The molecule has 0 aliphatic heterocycles. The Kier molecular flexibility index (Phi) is 4.01. The van der Waals surface area contributed by atoms with Gasteiger partial charge in [0.1, 0.15) is 0 Å². The molecule has 62 valence electrons. The maximum absolute atomic E-state index is 4.97. The molecule has 1 aromatic rings. The van der Waals surface area contributed by atoms with Crippen LogP contribution < -0.4 is 4.89 Å². The molecule has 1 rings (SSSR count). The maximum Gasteiger partial charge on any atom is 0.218 e. The molecule has 0 aliphatic carbocycles. The lowest BCUT2D eigenvalue weighted by molar-refractivity contribution is -0.204. The van der Waals surface area contributed by atoms with Gasteiger partial charge in [0.05, 0.1) is 6.61 Å². The zero-order valence-corrected chi connectivity index (χ0v) is 7.39. The van der Waals surface area contributed by atoms with Crippen LogP contribution in [0.4, 0.5) is 0 Å². The Morgan fingerprint density at radius 1 is 1.55 bits per heavy atom. The summed E-state index contributed by atoms with van der Waals surface area (Å²) >= 11 is 1.53. The molecule has 0 N–H and O–H groups in total. The molecule has 0 radical (unpaired) electrons. The lowest BCUT2D eigenvalue weighted by Gasteiger charge is -1.99. The molecule has 0 saturated heterocycles. The molecule has 0 spiro atoms. The van der Waals surface area contributed by atoms with E-state index in [4.69, 9.17) is 9.78 Å². The molecule has 0 bridgehead atoms. The van der Waals surface area contributed by atoms with Crippen molar-refractivity contribution < 1.29 is 9.78 Å². The van der Waals surface area contributed by atoms with Crippen LogP contribution in [0.1, 0.15) is 19.8 Å². The largest absolute Gasteiger partial charge is 0.326 e. The molecule has 1 aromatic heterocycles. The lowest BCUT2D eigenvalue weighted by atomic mass is 10.4. The predicted octanol–water partition coefficient (Wildman–Crippen LogP) is 2.86. The summed E-state index contributed by atoms with van der Waals surface area (Å²) in [4.78, 5) is 9.90. The van der Waals surface area contributed by atoms with Crippen molar-refractivity contribution in [2.24, 2.45) is 0 Å². The molecular weight excluding hydrogens is 160 g/mol. The summed E-state index contributed by atoms with van der Waals surface area (Å²) in [6, 6.07) is 3.82. The summed E-state index contributed by atoms with van der Waals surface area (Å²) in [5.41, 5.74) is 0. The summed E-state index contributed by atoms with van der Waals surface area (Å²) in [5, 5.41) is 2.78. The van der Waals surface area contributed by atoms with E-state index >= 15 is 0 Å². The average Bonchev–Trinajstić information content (AvgIpc) is 2.50. The Morgan fingerprint density at radius 2 is 2.45 bits per heavy atom. The van der Waals surface area contributed by atoms with Gasteiger partial charge in [-0.25, -0.2) is 0 Å². The summed E-state index contributed by atoms with van der Waals surface area (Å²) < 4.78 is 0. The van der Waals surface area contributed by atoms with Gasteiger partial charge in [0.2, 0.25) is 5.06 Å². The van der Waals surface area contributed by atoms with Crippen LogP contribution in [0.2, 0.25) is 0 Å². The predicted molar refractivity (Wildman–Crippen MR) is 45.8 cm³/mol. The second kappa shape index (κ2) is 5.16. The molecule has 2 nitrogen and oxygen atoms in total. The highest BCUT2D eigenvalue weighted by Crippen LogP contribution is 2.18. The van der Waals surface area contributed by atoms with Gasteiger partial charge in [-0.1, -0.05) is 13.3 Å². The molecule has 0 saturated carbocycles. The Labute approximate surface area is 70.7 Å². The number of thiophene rings is 1. The first-order valence-corrected chi connectivity index (χ1v) is 4.64. The Hall–Kier alpha value is -0.540. The first kappa shape index (κ1) is 8.56. The lowest BCUT2D eigenvalue weighted by Crippen LogP contribution is -1.97. The van der Waals surface area contributed by atoms with E-state index in [-0.39, 0.29) is 0 Å². The molecule has 1 heterocycles. The smallest absolute Gasteiger partial charge is 0.218 e. The van der Waals surface area contributed by atoms with E-state index in [9.17, 15) is 0 Å². The van der Waals surface area contributed by atoms with Gasteiger partial charge in [-0.3, -0.25) is 0 Å². The van der Waals surface area contributed by atoms with Crippen LogP contribution >= 0.6 is 11.3 Å². The van der Waals surface area contributed by atoms with Crippen LogP contribution in [-0.2, 0) is 4.89 Å². The fourth-order valence-corrected chi connectivity index (χ4v) is 1.15. The molecule has 11 heavy (non-hydrogen) atoms. The summed E-state index contributed by atoms with van der Waals surface area (Å²) in [7, 11) is 0. The summed E-state index contributed by atoms with van der Waals surface area (Å²) in [6.45, 7) is 2.79. The van der Waals surface area contributed by atoms with Crippen LogP contribution in [0.5, 0.6) is 5.06 Å². The molecule has 0 amide bonds. The Balaban J connectivity index is 2.04. The minimum atomic E-state index is 0.675. The van der Waals surface area contributed by atoms with Gasteiger partial charge in [-0.05, 0) is 23.9 Å². The van der Waals surface area contributed by atoms with Crippen molar-refractivity contribution in [3.8, 4) is 5.06 Å². The highest BCUT2D eigenvalue weighted by Gasteiger charge is 1.92. The third-order valence-electron chi connectivity index (χ3n) is 1.22. The molecule has 0 aliphatic rings. The van der Waals surface area contributed by atoms with Crippen LogP contribution in [-0.4, -0.2) is 6.61 Å². The summed E-state index contributed by atoms with van der Waals surface area (Å²) in [5.74, 6) is 0. The average molecular weight is 172 g/mol. The fraction of sp³-hybridized carbons (Fsp3) is 0.500. The minimum Gasteiger partial charge on any atom is -0.326 e. The van der Waals surface area contributed by atoms with Gasteiger partial charge in [-0.2, -0.15) is 4.89 Å². The number of rotatable bonds is 5. The van der Waals surface area contributed by atoms with Crippen molar-refractivity contribution >= 4 is 11.3 Å². The van der Waals surface area contributed by atoms with Crippen LogP contribution in [0.15, 0.2) is 17.5 Å². The van der Waals surface area contributed by atoms with E-state index in [1.807, 2.05) is 17.5 Å². The zero-order valence-electron chi connectivity index (χ0n) is 6.58.